The molecule has 0 aromatic heterocycles. The Morgan fingerprint density at radius 1 is 1.22 bits per heavy atom. The molecule has 3 nitrogen and oxygen atoms in total. The van der Waals surface area contributed by atoms with Gasteiger partial charge in [-0.05, 0) is 29.5 Å². The zero-order valence-electron chi connectivity index (χ0n) is 10.7. The van der Waals surface area contributed by atoms with E-state index in [1.807, 2.05) is 0 Å². The van der Waals surface area contributed by atoms with Crippen LogP contribution in [0.3, 0.4) is 0 Å². The van der Waals surface area contributed by atoms with Gasteiger partial charge in [-0.3, -0.25) is 4.79 Å². The van der Waals surface area contributed by atoms with Crippen LogP contribution in [0.2, 0.25) is 0 Å². The van der Waals surface area contributed by atoms with Gasteiger partial charge in [0.05, 0.1) is 6.42 Å². The zero-order chi connectivity index (χ0) is 12.4. The second kappa shape index (κ2) is 5.11. The van der Waals surface area contributed by atoms with Gasteiger partial charge in [0.1, 0.15) is 0 Å². The average Bonchev–Trinajstić information content (AvgIpc) is 2.98. The maximum Gasteiger partial charge on any atom is 0.224 e. The van der Waals surface area contributed by atoms with Crippen molar-refractivity contribution in [1.82, 2.24) is 10.6 Å². The summed E-state index contributed by atoms with van der Waals surface area (Å²) < 4.78 is 0. The summed E-state index contributed by atoms with van der Waals surface area (Å²) in [5.41, 5.74) is 3.85. The molecule has 18 heavy (non-hydrogen) atoms. The lowest BCUT2D eigenvalue weighted by atomic mass is 10.0. The molecule has 1 heterocycles. The van der Waals surface area contributed by atoms with Crippen LogP contribution in [0.25, 0.3) is 0 Å². The van der Waals surface area contributed by atoms with Gasteiger partial charge in [0.15, 0.2) is 0 Å². The Hall–Kier alpha value is -1.35. The normalized spacial score (nSPS) is 18.9. The van der Waals surface area contributed by atoms with Crippen molar-refractivity contribution in [2.75, 3.05) is 0 Å². The van der Waals surface area contributed by atoms with E-state index in [0.717, 1.165) is 31.5 Å². The minimum Gasteiger partial charge on any atom is -0.353 e. The van der Waals surface area contributed by atoms with Crippen LogP contribution in [0.5, 0.6) is 0 Å². The van der Waals surface area contributed by atoms with Crippen LogP contribution < -0.4 is 10.6 Å². The Morgan fingerprint density at radius 3 is 2.83 bits per heavy atom. The number of carbonyl (C=O) groups is 1. The van der Waals surface area contributed by atoms with E-state index < -0.39 is 0 Å². The average molecular weight is 244 g/mol. The van der Waals surface area contributed by atoms with E-state index in [9.17, 15) is 4.79 Å². The number of amides is 1. The van der Waals surface area contributed by atoms with Crippen molar-refractivity contribution in [2.24, 2.45) is 0 Å². The molecule has 3 rings (SSSR count). The second-order valence-electron chi connectivity index (χ2n) is 5.43. The number of nitrogens with one attached hydrogen (secondary N) is 2. The van der Waals surface area contributed by atoms with E-state index in [-0.39, 0.29) is 5.91 Å². The van der Waals surface area contributed by atoms with Crippen LogP contribution >= 0.6 is 0 Å². The van der Waals surface area contributed by atoms with Crippen molar-refractivity contribution in [2.45, 2.75) is 51.2 Å². The smallest absolute Gasteiger partial charge is 0.224 e. The molecule has 0 radical (unpaired) electrons. The Labute approximate surface area is 108 Å². The lowest BCUT2D eigenvalue weighted by Crippen LogP contribution is -2.33. The molecule has 0 saturated heterocycles. The molecule has 1 aromatic rings. The summed E-state index contributed by atoms with van der Waals surface area (Å²) in [6.45, 7) is 1.90. The van der Waals surface area contributed by atoms with Gasteiger partial charge < -0.3 is 10.6 Å². The number of rotatable bonds is 3. The predicted molar refractivity (Wildman–Crippen MR) is 71.1 cm³/mol. The number of hydrogen-bond donors (Lipinski definition) is 2. The summed E-state index contributed by atoms with van der Waals surface area (Å²) in [6.07, 6.45) is 5.34. The maximum absolute atomic E-state index is 11.9. The highest BCUT2D eigenvalue weighted by molar-refractivity contribution is 5.79. The lowest BCUT2D eigenvalue weighted by molar-refractivity contribution is -0.121. The molecule has 96 valence electrons. The maximum atomic E-state index is 11.9. The molecule has 1 aromatic carbocycles. The summed E-state index contributed by atoms with van der Waals surface area (Å²) in [5, 5.41) is 6.47. The Kier molecular flexibility index (Phi) is 3.33. The highest BCUT2D eigenvalue weighted by Crippen LogP contribution is 2.19. The molecule has 2 N–H and O–H groups in total. The van der Waals surface area contributed by atoms with Gasteiger partial charge in [-0.2, -0.15) is 0 Å². The van der Waals surface area contributed by atoms with Crippen molar-refractivity contribution >= 4 is 5.91 Å². The van der Waals surface area contributed by atoms with Gasteiger partial charge in [0, 0.05) is 19.1 Å². The molecule has 3 heteroatoms. The quantitative estimate of drug-likeness (QED) is 0.852. The molecule has 1 amide bonds. The number of carbonyl (C=O) groups excluding carboxylic acids is 1. The van der Waals surface area contributed by atoms with Crippen LogP contribution in [0.4, 0.5) is 0 Å². The molecule has 0 bridgehead atoms. The first-order chi connectivity index (χ1) is 8.81. The molecule has 1 aliphatic heterocycles. The molecular formula is C15H20N2O. The fourth-order valence-electron chi connectivity index (χ4n) is 2.99. The highest BCUT2D eigenvalue weighted by Gasteiger charge is 2.17. The topological polar surface area (TPSA) is 41.1 Å². The van der Waals surface area contributed by atoms with Gasteiger partial charge in [0.25, 0.3) is 0 Å². The fraction of sp³-hybridized carbons (Fsp3) is 0.533. The van der Waals surface area contributed by atoms with Crippen LogP contribution in [0, 0.1) is 0 Å². The molecule has 2 aliphatic rings. The SMILES string of the molecule is O=C(Cc1ccc2c(c1)CNC2)NC1CCCC1. The summed E-state index contributed by atoms with van der Waals surface area (Å²) >= 11 is 0. The third kappa shape index (κ3) is 2.56. The predicted octanol–water partition coefficient (Wildman–Crippen LogP) is 1.89. The third-order valence-electron chi connectivity index (χ3n) is 3.99. The number of benzene rings is 1. The second-order valence-corrected chi connectivity index (χ2v) is 5.43. The Morgan fingerprint density at radius 2 is 2.00 bits per heavy atom. The molecule has 0 spiro atoms. The monoisotopic (exact) mass is 244 g/mol. The van der Waals surface area contributed by atoms with Crippen LogP contribution in [-0.4, -0.2) is 11.9 Å². The summed E-state index contributed by atoms with van der Waals surface area (Å²) in [5.74, 6) is 0.174. The standard InChI is InChI=1S/C15H20N2O/c18-15(17-14-3-1-2-4-14)8-11-5-6-12-9-16-10-13(12)7-11/h5-7,14,16H,1-4,8-10H2,(H,17,18). The molecule has 1 aliphatic carbocycles. The summed E-state index contributed by atoms with van der Waals surface area (Å²) in [4.78, 5) is 11.9. The molecule has 0 atom stereocenters. The third-order valence-corrected chi connectivity index (χ3v) is 3.99. The summed E-state index contributed by atoms with van der Waals surface area (Å²) in [6, 6.07) is 6.82. The van der Waals surface area contributed by atoms with Crippen LogP contribution in [-0.2, 0) is 24.3 Å². The first-order valence-corrected chi connectivity index (χ1v) is 6.92. The minimum atomic E-state index is 0.174. The van der Waals surface area contributed by atoms with Gasteiger partial charge in [-0.1, -0.05) is 31.0 Å². The van der Waals surface area contributed by atoms with Gasteiger partial charge >= 0.3 is 0 Å². The van der Waals surface area contributed by atoms with Crippen molar-refractivity contribution in [1.29, 1.82) is 0 Å². The summed E-state index contributed by atoms with van der Waals surface area (Å²) in [7, 11) is 0. The van der Waals surface area contributed by atoms with E-state index in [2.05, 4.69) is 28.8 Å². The molecule has 1 fully saturated rings. The first kappa shape index (κ1) is 11.7. The fourth-order valence-corrected chi connectivity index (χ4v) is 2.99. The van der Waals surface area contributed by atoms with Crippen molar-refractivity contribution in [3.63, 3.8) is 0 Å². The molecular weight excluding hydrogens is 224 g/mol. The van der Waals surface area contributed by atoms with E-state index >= 15 is 0 Å². The molecule has 1 saturated carbocycles. The number of fused-ring (bicyclic) bond motifs is 1. The highest BCUT2D eigenvalue weighted by atomic mass is 16.1. The van der Waals surface area contributed by atoms with Crippen LogP contribution in [0.15, 0.2) is 18.2 Å². The van der Waals surface area contributed by atoms with Crippen molar-refractivity contribution < 1.29 is 4.79 Å². The van der Waals surface area contributed by atoms with Gasteiger partial charge in [0.2, 0.25) is 5.91 Å². The van der Waals surface area contributed by atoms with E-state index in [0.29, 0.717) is 12.5 Å². The Balaban J connectivity index is 1.60. The molecule has 0 unspecified atom stereocenters. The minimum absolute atomic E-state index is 0.174. The van der Waals surface area contributed by atoms with Crippen molar-refractivity contribution in [3.05, 3.63) is 34.9 Å². The zero-order valence-corrected chi connectivity index (χ0v) is 10.7. The van der Waals surface area contributed by atoms with E-state index in [1.165, 1.54) is 24.0 Å². The largest absolute Gasteiger partial charge is 0.353 e. The van der Waals surface area contributed by atoms with Crippen LogP contribution in [0.1, 0.15) is 42.4 Å². The number of hydrogen-bond acceptors (Lipinski definition) is 2. The van der Waals surface area contributed by atoms with E-state index in [4.69, 9.17) is 0 Å². The van der Waals surface area contributed by atoms with Gasteiger partial charge in [-0.25, -0.2) is 0 Å². The van der Waals surface area contributed by atoms with Gasteiger partial charge in [-0.15, -0.1) is 0 Å². The first-order valence-electron chi connectivity index (χ1n) is 6.92. The van der Waals surface area contributed by atoms with E-state index in [1.54, 1.807) is 0 Å². The van der Waals surface area contributed by atoms with Crippen molar-refractivity contribution in [3.8, 4) is 0 Å². The lowest BCUT2D eigenvalue weighted by Gasteiger charge is -2.12. The Bertz CT molecular complexity index is 450.